The lowest BCUT2D eigenvalue weighted by atomic mass is 10.1. The molecule has 0 saturated carbocycles. The summed E-state index contributed by atoms with van der Waals surface area (Å²) in [6.07, 6.45) is -3.59. The molecule has 0 aliphatic heterocycles. The second-order valence-corrected chi connectivity index (χ2v) is 6.71. The molecule has 1 aromatic heterocycles. The number of H-pyrrole nitrogens is 1. The van der Waals surface area contributed by atoms with Crippen LogP contribution in [0.5, 0.6) is 5.75 Å². The molecule has 0 saturated heterocycles. The van der Waals surface area contributed by atoms with Crippen molar-refractivity contribution >= 4 is 16.8 Å². The summed E-state index contributed by atoms with van der Waals surface area (Å²) >= 11 is 0. The van der Waals surface area contributed by atoms with Crippen LogP contribution in [0.1, 0.15) is 18.1 Å². The fourth-order valence-electron chi connectivity index (χ4n) is 3.09. The van der Waals surface area contributed by atoms with Gasteiger partial charge in [0.1, 0.15) is 5.75 Å². The molecule has 1 amide bonds. The zero-order chi connectivity index (χ0) is 21.0. The maximum absolute atomic E-state index is 13.1. The molecule has 2 aromatic carbocycles. The van der Waals surface area contributed by atoms with Crippen molar-refractivity contribution in [3.63, 3.8) is 0 Å². The first kappa shape index (κ1) is 20.7. The minimum Gasteiger partial charge on any atom is -0.480 e. The van der Waals surface area contributed by atoms with Gasteiger partial charge in [0.15, 0.2) is 6.10 Å². The van der Waals surface area contributed by atoms with Gasteiger partial charge in [0.05, 0.1) is 18.2 Å². The quantitative estimate of drug-likeness (QED) is 0.561. The molecule has 0 fully saturated rings. The number of hydrogen-bond acceptors (Lipinski definition) is 3. The Morgan fingerprint density at radius 1 is 1.17 bits per heavy atom. The van der Waals surface area contributed by atoms with Gasteiger partial charge in [-0.2, -0.15) is 13.2 Å². The van der Waals surface area contributed by atoms with E-state index < -0.39 is 35.5 Å². The van der Waals surface area contributed by atoms with Crippen LogP contribution in [0.15, 0.2) is 54.7 Å². The third-order valence-corrected chi connectivity index (χ3v) is 4.57. The van der Waals surface area contributed by atoms with Crippen molar-refractivity contribution in [1.29, 1.82) is 0 Å². The van der Waals surface area contributed by atoms with E-state index in [0.717, 1.165) is 22.5 Å². The van der Waals surface area contributed by atoms with Gasteiger partial charge in [-0.15, -0.1) is 0 Å². The van der Waals surface area contributed by atoms with E-state index in [4.69, 9.17) is 4.74 Å². The van der Waals surface area contributed by atoms with Gasteiger partial charge in [-0.05, 0) is 37.1 Å². The standard InChI is InChI=1S/C21H21F3N2O3/c1-13(29-19-9-5-3-7-17(19)21(22,23)24)20(28)26-15(12-27)10-14-11-25-18-8-4-2-6-16(14)18/h2-9,11,13,15,25,27H,10,12H2,1H3,(H,26,28)/t13-,15+/m1/s1. The summed E-state index contributed by atoms with van der Waals surface area (Å²) in [5.41, 5.74) is 0.902. The van der Waals surface area contributed by atoms with Crippen LogP contribution in [-0.4, -0.2) is 34.8 Å². The van der Waals surface area contributed by atoms with Gasteiger partial charge in [-0.25, -0.2) is 0 Å². The number of aromatic nitrogens is 1. The van der Waals surface area contributed by atoms with E-state index in [9.17, 15) is 23.1 Å². The monoisotopic (exact) mass is 406 g/mol. The predicted octanol–water partition coefficient (Wildman–Crippen LogP) is 3.67. The highest BCUT2D eigenvalue weighted by atomic mass is 19.4. The third-order valence-electron chi connectivity index (χ3n) is 4.57. The molecule has 0 spiro atoms. The van der Waals surface area contributed by atoms with Crippen LogP contribution in [0.2, 0.25) is 0 Å². The molecule has 0 radical (unpaired) electrons. The van der Waals surface area contributed by atoms with Crippen molar-refractivity contribution in [2.45, 2.75) is 31.7 Å². The van der Waals surface area contributed by atoms with Gasteiger partial charge >= 0.3 is 6.18 Å². The molecule has 8 heteroatoms. The van der Waals surface area contributed by atoms with Gasteiger partial charge in [0, 0.05) is 17.1 Å². The lowest BCUT2D eigenvalue weighted by Crippen LogP contribution is -2.45. The Bertz CT molecular complexity index is 984. The summed E-state index contributed by atoms with van der Waals surface area (Å²) < 4.78 is 44.5. The second-order valence-electron chi connectivity index (χ2n) is 6.71. The Balaban J connectivity index is 1.67. The number of rotatable bonds is 7. The van der Waals surface area contributed by atoms with Gasteiger partial charge in [-0.1, -0.05) is 30.3 Å². The van der Waals surface area contributed by atoms with Crippen LogP contribution in [0.4, 0.5) is 13.2 Å². The SMILES string of the molecule is C[C@@H](Oc1ccccc1C(F)(F)F)C(=O)N[C@H](CO)Cc1c[nH]c2ccccc12. The van der Waals surface area contributed by atoms with Gasteiger partial charge < -0.3 is 20.1 Å². The smallest absolute Gasteiger partial charge is 0.419 e. The molecule has 0 bridgehead atoms. The number of aliphatic hydroxyl groups excluding tert-OH is 1. The Morgan fingerprint density at radius 2 is 1.86 bits per heavy atom. The van der Waals surface area contributed by atoms with E-state index in [1.807, 2.05) is 24.3 Å². The lowest BCUT2D eigenvalue weighted by molar-refractivity contribution is -0.140. The summed E-state index contributed by atoms with van der Waals surface area (Å²) in [5, 5.41) is 13.3. The maximum atomic E-state index is 13.1. The van der Waals surface area contributed by atoms with E-state index in [-0.39, 0.29) is 6.61 Å². The number of carbonyl (C=O) groups excluding carboxylic acids is 1. The molecular formula is C21H21F3N2O3. The topological polar surface area (TPSA) is 74.3 Å². The van der Waals surface area contributed by atoms with Crippen molar-refractivity contribution in [3.8, 4) is 5.75 Å². The molecule has 2 atom stereocenters. The number of alkyl halides is 3. The number of aliphatic hydroxyl groups is 1. The Labute approximate surface area is 165 Å². The first-order valence-electron chi connectivity index (χ1n) is 9.08. The van der Waals surface area contributed by atoms with Crippen LogP contribution in [0.3, 0.4) is 0 Å². The van der Waals surface area contributed by atoms with Crippen LogP contribution in [-0.2, 0) is 17.4 Å². The summed E-state index contributed by atoms with van der Waals surface area (Å²) in [4.78, 5) is 15.6. The predicted molar refractivity (Wildman–Crippen MR) is 103 cm³/mol. The molecule has 0 unspecified atom stereocenters. The fraction of sp³-hybridized carbons (Fsp3) is 0.286. The van der Waals surface area contributed by atoms with E-state index in [0.29, 0.717) is 6.42 Å². The number of nitrogens with one attached hydrogen (secondary N) is 2. The van der Waals surface area contributed by atoms with Crippen molar-refractivity contribution in [2.75, 3.05) is 6.61 Å². The average molecular weight is 406 g/mol. The number of benzene rings is 2. The highest BCUT2D eigenvalue weighted by molar-refractivity contribution is 5.84. The van der Waals surface area contributed by atoms with Crippen LogP contribution >= 0.6 is 0 Å². The first-order valence-corrected chi connectivity index (χ1v) is 9.08. The van der Waals surface area contributed by atoms with Gasteiger partial charge in [-0.3, -0.25) is 4.79 Å². The number of hydrogen-bond donors (Lipinski definition) is 3. The third kappa shape index (κ3) is 4.89. The highest BCUT2D eigenvalue weighted by Crippen LogP contribution is 2.36. The normalized spacial score (nSPS) is 13.8. The number of amides is 1. The van der Waals surface area contributed by atoms with Crippen molar-refractivity contribution in [2.24, 2.45) is 0 Å². The Hall–Kier alpha value is -3.00. The van der Waals surface area contributed by atoms with E-state index in [2.05, 4.69) is 10.3 Å². The van der Waals surface area contributed by atoms with Crippen molar-refractivity contribution in [1.82, 2.24) is 10.3 Å². The minimum absolute atomic E-state index is 0.322. The fourth-order valence-corrected chi connectivity index (χ4v) is 3.09. The average Bonchev–Trinajstić information content (AvgIpc) is 3.10. The summed E-state index contributed by atoms with van der Waals surface area (Å²) in [5.74, 6) is -1.03. The van der Waals surface area contributed by atoms with Crippen LogP contribution in [0, 0.1) is 0 Å². The number of fused-ring (bicyclic) bond motifs is 1. The zero-order valence-electron chi connectivity index (χ0n) is 15.7. The first-order chi connectivity index (χ1) is 13.8. The minimum atomic E-state index is -4.59. The van der Waals surface area contributed by atoms with Crippen LogP contribution < -0.4 is 10.1 Å². The number of carbonyl (C=O) groups is 1. The number of para-hydroxylation sites is 2. The molecule has 3 rings (SSSR count). The summed E-state index contributed by atoms with van der Waals surface area (Å²) in [7, 11) is 0. The highest BCUT2D eigenvalue weighted by Gasteiger charge is 2.35. The molecule has 5 nitrogen and oxygen atoms in total. The molecule has 0 aliphatic rings. The molecule has 3 aromatic rings. The van der Waals surface area contributed by atoms with E-state index in [1.165, 1.54) is 25.1 Å². The lowest BCUT2D eigenvalue weighted by Gasteiger charge is -2.21. The Kier molecular flexibility index (Phi) is 6.12. The number of aromatic amines is 1. The number of halogens is 3. The van der Waals surface area contributed by atoms with Crippen LogP contribution in [0.25, 0.3) is 10.9 Å². The summed E-state index contributed by atoms with van der Waals surface area (Å²) in [6.45, 7) is 1.04. The van der Waals surface area contributed by atoms with Gasteiger partial charge in [0.2, 0.25) is 0 Å². The molecule has 1 heterocycles. The molecule has 154 valence electrons. The largest absolute Gasteiger partial charge is 0.480 e. The zero-order valence-corrected chi connectivity index (χ0v) is 15.7. The summed E-state index contributed by atoms with van der Waals surface area (Å²) in [6, 6.07) is 11.7. The molecule has 29 heavy (non-hydrogen) atoms. The van der Waals surface area contributed by atoms with Crippen molar-refractivity contribution < 1.29 is 27.8 Å². The molecule has 0 aliphatic carbocycles. The van der Waals surface area contributed by atoms with E-state index in [1.54, 1.807) is 6.20 Å². The van der Waals surface area contributed by atoms with E-state index >= 15 is 0 Å². The van der Waals surface area contributed by atoms with Gasteiger partial charge in [0.25, 0.3) is 5.91 Å². The molecular weight excluding hydrogens is 385 g/mol. The van der Waals surface area contributed by atoms with Crippen molar-refractivity contribution in [3.05, 3.63) is 65.9 Å². The maximum Gasteiger partial charge on any atom is 0.419 e. The second kappa shape index (κ2) is 8.57. The molecule has 3 N–H and O–H groups in total. The number of ether oxygens (including phenoxy) is 1. The Morgan fingerprint density at radius 3 is 2.59 bits per heavy atom.